The van der Waals surface area contributed by atoms with E-state index in [1.807, 2.05) is 12.1 Å². The first-order valence-corrected chi connectivity index (χ1v) is 6.02. The smallest absolute Gasteiger partial charge is 0.310 e. The van der Waals surface area contributed by atoms with Gasteiger partial charge in [-0.05, 0) is 18.2 Å². The number of hydrogen-bond acceptors (Lipinski definition) is 3. The molecule has 96 valence electrons. The minimum absolute atomic E-state index is 0.129. The lowest BCUT2D eigenvalue weighted by atomic mass is 9.98. The van der Waals surface area contributed by atoms with E-state index in [4.69, 9.17) is 5.11 Å². The third kappa shape index (κ3) is 1.93. The topological polar surface area (TPSA) is 70.5 Å². The van der Waals surface area contributed by atoms with Gasteiger partial charge in [0.25, 0.3) is 5.91 Å². The van der Waals surface area contributed by atoms with Crippen LogP contribution in [-0.2, 0) is 4.79 Å². The Kier molecular flexibility index (Phi) is 2.67. The van der Waals surface area contributed by atoms with Crippen LogP contribution < -0.4 is 0 Å². The summed E-state index contributed by atoms with van der Waals surface area (Å²) in [5, 5.41) is 9.63. The summed E-state index contributed by atoms with van der Waals surface area (Å²) in [6, 6.07) is 9.03. The van der Waals surface area contributed by atoms with Crippen LogP contribution >= 0.6 is 0 Å². The van der Waals surface area contributed by atoms with Gasteiger partial charge in [0, 0.05) is 30.2 Å². The number of aliphatic carboxylic acids is 1. The number of carbonyl (C=O) groups is 2. The van der Waals surface area contributed by atoms with Crippen molar-refractivity contribution < 1.29 is 14.7 Å². The SMILES string of the molecule is O=C(O)C1CN(C(=O)c2cccc3ncccc23)C1. The first-order chi connectivity index (χ1) is 9.16. The van der Waals surface area contributed by atoms with Crippen LogP contribution in [0.15, 0.2) is 36.5 Å². The quantitative estimate of drug-likeness (QED) is 0.881. The van der Waals surface area contributed by atoms with Crippen molar-refractivity contribution in [2.75, 3.05) is 13.1 Å². The van der Waals surface area contributed by atoms with Crippen molar-refractivity contribution >= 4 is 22.8 Å². The molecule has 0 atom stereocenters. The number of amides is 1. The van der Waals surface area contributed by atoms with Gasteiger partial charge in [-0.3, -0.25) is 14.6 Å². The van der Waals surface area contributed by atoms with E-state index in [0.717, 1.165) is 10.9 Å². The first-order valence-electron chi connectivity index (χ1n) is 6.02. The maximum absolute atomic E-state index is 12.3. The lowest BCUT2D eigenvalue weighted by molar-refractivity contribution is -0.146. The van der Waals surface area contributed by atoms with Gasteiger partial charge in [-0.1, -0.05) is 12.1 Å². The number of pyridine rings is 1. The molecule has 1 aromatic carbocycles. The molecular weight excluding hydrogens is 244 g/mol. The van der Waals surface area contributed by atoms with E-state index in [0.29, 0.717) is 5.56 Å². The van der Waals surface area contributed by atoms with E-state index in [-0.39, 0.29) is 19.0 Å². The minimum atomic E-state index is -0.844. The number of aromatic nitrogens is 1. The Morgan fingerprint density at radius 2 is 2.00 bits per heavy atom. The highest BCUT2D eigenvalue weighted by molar-refractivity contribution is 6.06. The maximum Gasteiger partial charge on any atom is 0.310 e. The van der Waals surface area contributed by atoms with Crippen LogP contribution in [0.1, 0.15) is 10.4 Å². The molecular formula is C14H12N2O3. The van der Waals surface area contributed by atoms with E-state index in [1.165, 1.54) is 0 Å². The van der Waals surface area contributed by atoms with Crippen LogP contribution in [0.5, 0.6) is 0 Å². The van der Waals surface area contributed by atoms with Crippen molar-refractivity contribution in [3.63, 3.8) is 0 Å². The Hall–Kier alpha value is -2.43. The molecule has 0 aliphatic carbocycles. The molecule has 19 heavy (non-hydrogen) atoms. The number of carboxylic acids is 1. The average molecular weight is 256 g/mol. The molecule has 1 N–H and O–H groups in total. The number of carboxylic acid groups (broad SMARTS) is 1. The molecule has 0 spiro atoms. The molecule has 1 aliphatic rings. The van der Waals surface area contributed by atoms with Crippen molar-refractivity contribution in [1.82, 2.24) is 9.88 Å². The predicted octanol–water partition coefficient (Wildman–Crippen LogP) is 1.39. The highest BCUT2D eigenvalue weighted by Crippen LogP contribution is 2.23. The van der Waals surface area contributed by atoms with Gasteiger partial charge < -0.3 is 10.0 Å². The Bertz CT molecular complexity index is 657. The first kappa shape index (κ1) is 11.6. The summed E-state index contributed by atoms with van der Waals surface area (Å²) in [5.74, 6) is -1.41. The van der Waals surface area contributed by atoms with Crippen molar-refractivity contribution in [2.24, 2.45) is 5.92 Å². The third-order valence-electron chi connectivity index (χ3n) is 3.39. The largest absolute Gasteiger partial charge is 0.481 e. The van der Waals surface area contributed by atoms with E-state index in [1.54, 1.807) is 29.3 Å². The molecule has 1 fully saturated rings. The lowest BCUT2D eigenvalue weighted by Gasteiger charge is -2.36. The Labute approximate surface area is 109 Å². The molecule has 3 rings (SSSR count). The molecule has 0 radical (unpaired) electrons. The lowest BCUT2D eigenvalue weighted by Crippen LogP contribution is -2.53. The number of rotatable bonds is 2. The van der Waals surface area contributed by atoms with Crippen LogP contribution in [-0.4, -0.2) is 40.0 Å². The number of fused-ring (bicyclic) bond motifs is 1. The zero-order valence-electron chi connectivity index (χ0n) is 10.1. The molecule has 2 aromatic rings. The van der Waals surface area contributed by atoms with E-state index < -0.39 is 11.9 Å². The summed E-state index contributed by atoms with van der Waals surface area (Å²) in [4.78, 5) is 28.8. The fourth-order valence-corrected chi connectivity index (χ4v) is 2.26. The zero-order valence-corrected chi connectivity index (χ0v) is 10.1. The van der Waals surface area contributed by atoms with Gasteiger partial charge in [-0.15, -0.1) is 0 Å². The van der Waals surface area contributed by atoms with Gasteiger partial charge in [0.15, 0.2) is 0 Å². The zero-order chi connectivity index (χ0) is 13.4. The Balaban J connectivity index is 1.89. The molecule has 1 saturated heterocycles. The summed E-state index contributed by atoms with van der Waals surface area (Å²) in [6.45, 7) is 0.565. The van der Waals surface area contributed by atoms with Gasteiger partial charge in [0.2, 0.25) is 0 Å². The predicted molar refractivity (Wildman–Crippen MR) is 68.8 cm³/mol. The second kappa shape index (κ2) is 4.35. The molecule has 5 heteroatoms. The molecule has 1 amide bonds. The van der Waals surface area contributed by atoms with Crippen LogP contribution in [0.4, 0.5) is 0 Å². The fourth-order valence-electron chi connectivity index (χ4n) is 2.26. The minimum Gasteiger partial charge on any atom is -0.481 e. The maximum atomic E-state index is 12.3. The van der Waals surface area contributed by atoms with Crippen molar-refractivity contribution in [3.8, 4) is 0 Å². The van der Waals surface area contributed by atoms with Crippen LogP contribution in [0.2, 0.25) is 0 Å². The van der Waals surface area contributed by atoms with Gasteiger partial charge in [-0.25, -0.2) is 0 Å². The standard InChI is InChI=1S/C14H12N2O3/c17-13(16-7-9(8-16)14(18)19)11-3-1-5-12-10(11)4-2-6-15-12/h1-6,9H,7-8H2,(H,18,19). The summed E-state index contributed by atoms with van der Waals surface area (Å²) in [5.41, 5.74) is 1.35. The van der Waals surface area contributed by atoms with E-state index in [2.05, 4.69) is 4.98 Å². The second-order valence-electron chi connectivity index (χ2n) is 4.62. The molecule has 0 saturated carbocycles. The molecule has 1 aliphatic heterocycles. The summed E-state index contributed by atoms with van der Waals surface area (Å²) in [6.07, 6.45) is 1.68. The monoisotopic (exact) mass is 256 g/mol. The van der Waals surface area contributed by atoms with Crippen molar-refractivity contribution in [3.05, 3.63) is 42.1 Å². The van der Waals surface area contributed by atoms with Gasteiger partial charge >= 0.3 is 5.97 Å². The second-order valence-corrected chi connectivity index (χ2v) is 4.62. The Morgan fingerprint density at radius 1 is 1.21 bits per heavy atom. The average Bonchev–Trinajstić information content (AvgIpc) is 2.35. The van der Waals surface area contributed by atoms with Crippen LogP contribution in [0.25, 0.3) is 10.9 Å². The molecule has 1 aromatic heterocycles. The third-order valence-corrected chi connectivity index (χ3v) is 3.39. The number of hydrogen-bond donors (Lipinski definition) is 1. The number of carbonyl (C=O) groups excluding carboxylic acids is 1. The number of nitrogens with zero attached hydrogens (tertiary/aromatic N) is 2. The highest BCUT2D eigenvalue weighted by atomic mass is 16.4. The van der Waals surface area contributed by atoms with Crippen molar-refractivity contribution in [1.29, 1.82) is 0 Å². The highest BCUT2D eigenvalue weighted by Gasteiger charge is 2.36. The van der Waals surface area contributed by atoms with Crippen LogP contribution in [0.3, 0.4) is 0 Å². The van der Waals surface area contributed by atoms with Gasteiger partial charge in [-0.2, -0.15) is 0 Å². The molecule has 2 heterocycles. The van der Waals surface area contributed by atoms with E-state index in [9.17, 15) is 9.59 Å². The van der Waals surface area contributed by atoms with Gasteiger partial charge in [0.05, 0.1) is 11.4 Å². The number of likely N-dealkylation sites (tertiary alicyclic amines) is 1. The van der Waals surface area contributed by atoms with Crippen LogP contribution in [0, 0.1) is 5.92 Å². The van der Waals surface area contributed by atoms with E-state index >= 15 is 0 Å². The Morgan fingerprint density at radius 3 is 2.74 bits per heavy atom. The summed E-state index contributed by atoms with van der Waals surface area (Å²) >= 11 is 0. The fraction of sp³-hybridized carbons (Fsp3) is 0.214. The summed E-state index contributed by atoms with van der Waals surface area (Å²) in [7, 11) is 0. The number of benzene rings is 1. The molecule has 5 nitrogen and oxygen atoms in total. The summed E-state index contributed by atoms with van der Waals surface area (Å²) < 4.78 is 0. The molecule has 0 unspecified atom stereocenters. The van der Waals surface area contributed by atoms with Crippen molar-refractivity contribution in [2.45, 2.75) is 0 Å². The van der Waals surface area contributed by atoms with Gasteiger partial charge in [0.1, 0.15) is 0 Å². The normalized spacial score (nSPS) is 15.3. The molecule has 0 bridgehead atoms.